The molecule has 0 aliphatic carbocycles. The normalized spacial score (nSPS) is 10.7. The van der Waals surface area contributed by atoms with Crippen LogP contribution in [0.5, 0.6) is 11.5 Å². The number of H-pyrrole nitrogens is 1. The maximum atomic E-state index is 13.2. The molecule has 0 saturated carbocycles. The van der Waals surface area contributed by atoms with Crippen LogP contribution in [0.15, 0.2) is 88.3 Å². The average molecular weight is 483 g/mol. The number of aromatic nitrogens is 4. The molecule has 0 aliphatic heterocycles. The fourth-order valence-corrected chi connectivity index (χ4v) is 3.65. The zero-order valence-corrected chi connectivity index (χ0v) is 19.4. The SMILES string of the molecule is COc1ccc(C(=O)Nc2cc(-c3ccco3)nn2-c2nc(-c3ccccc3)cc(=O)[nH]2)c(OC)c1. The Bertz CT molecular complexity index is 1570. The highest BCUT2D eigenvalue weighted by Gasteiger charge is 2.20. The number of hydrogen-bond donors (Lipinski definition) is 2. The maximum Gasteiger partial charge on any atom is 0.260 e. The maximum absolute atomic E-state index is 13.2. The van der Waals surface area contributed by atoms with Crippen LogP contribution in [0.3, 0.4) is 0 Å². The van der Waals surface area contributed by atoms with E-state index in [-0.39, 0.29) is 22.9 Å². The first-order valence-electron chi connectivity index (χ1n) is 10.9. The van der Waals surface area contributed by atoms with Crippen molar-refractivity contribution in [1.29, 1.82) is 0 Å². The molecule has 2 aromatic carbocycles. The highest BCUT2D eigenvalue weighted by Crippen LogP contribution is 2.28. The molecule has 5 rings (SSSR count). The number of rotatable bonds is 7. The van der Waals surface area contributed by atoms with Gasteiger partial charge in [0.25, 0.3) is 11.5 Å². The molecule has 5 aromatic rings. The number of aromatic amines is 1. The highest BCUT2D eigenvalue weighted by molar-refractivity contribution is 6.06. The van der Waals surface area contributed by atoms with Crippen LogP contribution in [0.2, 0.25) is 0 Å². The number of anilines is 1. The average Bonchev–Trinajstić information content (AvgIpc) is 3.59. The van der Waals surface area contributed by atoms with Crippen molar-refractivity contribution in [3.63, 3.8) is 0 Å². The molecule has 180 valence electrons. The van der Waals surface area contributed by atoms with Crippen LogP contribution in [0.1, 0.15) is 10.4 Å². The van der Waals surface area contributed by atoms with Gasteiger partial charge in [0.1, 0.15) is 23.0 Å². The van der Waals surface area contributed by atoms with Crippen LogP contribution in [-0.4, -0.2) is 39.9 Å². The lowest BCUT2D eigenvalue weighted by Gasteiger charge is -2.12. The van der Waals surface area contributed by atoms with Gasteiger partial charge in [0.05, 0.1) is 31.7 Å². The van der Waals surface area contributed by atoms with Crippen molar-refractivity contribution >= 4 is 11.7 Å². The number of carbonyl (C=O) groups excluding carboxylic acids is 1. The van der Waals surface area contributed by atoms with Gasteiger partial charge in [-0.15, -0.1) is 0 Å². The lowest BCUT2D eigenvalue weighted by Crippen LogP contribution is -2.19. The number of hydrogen-bond acceptors (Lipinski definition) is 7. The second-order valence-electron chi connectivity index (χ2n) is 7.64. The molecule has 3 aromatic heterocycles. The summed E-state index contributed by atoms with van der Waals surface area (Å²) in [6.45, 7) is 0. The molecule has 0 saturated heterocycles. The quantitative estimate of drug-likeness (QED) is 0.356. The molecule has 1 amide bonds. The molecule has 10 nitrogen and oxygen atoms in total. The van der Waals surface area contributed by atoms with Crippen LogP contribution in [0.25, 0.3) is 28.7 Å². The van der Waals surface area contributed by atoms with E-state index in [2.05, 4.69) is 20.4 Å². The van der Waals surface area contributed by atoms with Crippen LogP contribution in [-0.2, 0) is 0 Å². The van der Waals surface area contributed by atoms with E-state index in [0.29, 0.717) is 28.6 Å². The lowest BCUT2D eigenvalue weighted by atomic mass is 10.1. The molecule has 3 heterocycles. The molecule has 0 fully saturated rings. The second kappa shape index (κ2) is 9.63. The number of furan rings is 1. The third-order valence-electron chi connectivity index (χ3n) is 5.38. The van der Waals surface area contributed by atoms with E-state index in [1.807, 2.05) is 30.3 Å². The molecular formula is C26H21N5O5. The number of nitrogens with one attached hydrogen (secondary N) is 2. The van der Waals surface area contributed by atoms with E-state index < -0.39 is 5.91 Å². The summed E-state index contributed by atoms with van der Waals surface area (Å²) in [7, 11) is 3.00. The smallest absolute Gasteiger partial charge is 0.260 e. The minimum Gasteiger partial charge on any atom is -0.497 e. The summed E-state index contributed by atoms with van der Waals surface area (Å²) in [5.41, 5.74) is 1.56. The molecule has 2 N–H and O–H groups in total. The van der Waals surface area contributed by atoms with Crippen molar-refractivity contribution in [2.24, 2.45) is 0 Å². The van der Waals surface area contributed by atoms with Crippen LogP contribution >= 0.6 is 0 Å². The van der Waals surface area contributed by atoms with Gasteiger partial charge in [0.2, 0.25) is 5.95 Å². The van der Waals surface area contributed by atoms with E-state index in [0.717, 1.165) is 5.56 Å². The van der Waals surface area contributed by atoms with Crippen molar-refractivity contribution < 1.29 is 18.7 Å². The Morgan fingerprint density at radius 2 is 1.81 bits per heavy atom. The van der Waals surface area contributed by atoms with Gasteiger partial charge in [-0.3, -0.25) is 14.6 Å². The Labute approximate surface area is 205 Å². The highest BCUT2D eigenvalue weighted by atomic mass is 16.5. The van der Waals surface area contributed by atoms with Gasteiger partial charge in [0.15, 0.2) is 5.76 Å². The van der Waals surface area contributed by atoms with Gasteiger partial charge in [-0.2, -0.15) is 9.78 Å². The number of methoxy groups -OCH3 is 2. The summed E-state index contributed by atoms with van der Waals surface area (Å²) in [5, 5.41) is 7.38. The van der Waals surface area contributed by atoms with Crippen LogP contribution in [0.4, 0.5) is 5.82 Å². The fraction of sp³-hybridized carbons (Fsp3) is 0.0769. The molecule has 0 bridgehead atoms. The van der Waals surface area contributed by atoms with Gasteiger partial charge in [-0.05, 0) is 24.3 Å². The summed E-state index contributed by atoms with van der Waals surface area (Å²) in [6, 6.07) is 20.6. The monoisotopic (exact) mass is 483 g/mol. The van der Waals surface area contributed by atoms with E-state index in [9.17, 15) is 9.59 Å². The second-order valence-corrected chi connectivity index (χ2v) is 7.64. The Hall–Kier alpha value is -5.12. The van der Waals surface area contributed by atoms with E-state index in [1.165, 1.54) is 31.2 Å². The zero-order valence-electron chi connectivity index (χ0n) is 19.4. The lowest BCUT2D eigenvalue weighted by molar-refractivity contribution is 0.102. The number of benzene rings is 2. The Morgan fingerprint density at radius 1 is 0.972 bits per heavy atom. The predicted molar refractivity (Wildman–Crippen MR) is 133 cm³/mol. The van der Waals surface area contributed by atoms with Gasteiger partial charge in [-0.1, -0.05) is 30.3 Å². The summed E-state index contributed by atoms with van der Waals surface area (Å²) in [5.74, 6) is 1.29. The van der Waals surface area contributed by atoms with Crippen molar-refractivity contribution in [2.45, 2.75) is 0 Å². The molecular weight excluding hydrogens is 462 g/mol. The van der Waals surface area contributed by atoms with Gasteiger partial charge in [-0.25, -0.2) is 4.98 Å². The Balaban J connectivity index is 1.59. The molecule has 0 unspecified atom stereocenters. The number of ether oxygens (including phenoxy) is 2. The van der Waals surface area contributed by atoms with Crippen molar-refractivity contribution in [1.82, 2.24) is 19.7 Å². The summed E-state index contributed by atoms with van der Waals surface area (Å²) in [4.78, 5) is 33.0. The third kappa shape index (κ3) is 4.47. The third-order valence-corrected chi connectivity index (χ3v) is 5.38. The molecule has 0 radical (unpaired) electrons. The first-order valence-corrected chi connectivity index (χ1v) is 10.9. The largest absolute Gasteiger partial charge is 0.497 e. The van der Waals surface area contributed by atoms with Crippen molar-refractivity contribution in [3.8, 4) is 40.2 Å². The molecule has 0 atom stereocenters. The van der Waals surface area contributed by atoms with Crippen LogP contribution < -0.4 is 20.3 Å². The Kier molecular flexibility index (Phi) is 6.06. The van der Waals surface area contributed by atoms with Gasteiger partial charge < -0.3 is 19.2 Å². The Morgan fingerprint density at radius 3 is 2.53 bits per heavy atom. The fourth-order valence-electron chi connectivity index (χ4n) is 3.65. The minimum atomic E-state index is -0.455. The van der Waals surface area contributed by atoms with Gasteiger partial charge in [0, 0.05) is 23.8 Å². The first-order chi connectivity index (χ1) is 17.6. The molecule has 36 heavy (non-hydrogen) atoms. The van der Waals surface area contributed by atoms with Crippen molar-refractivity contribution in [2.75, 3.05) is 19.5 Å². The van der Waals surface area contributed by atoms with Gasteiger partial charge >= 0.3 is 0 Å². The van der Waals surface area contributed by atoms with E-state index in [1.54, 1.807) is 36.4 Å². The first kappa shape index (κ1) is 22.7. The number of amides is 1. The summed E-state index contributed by atoms with van der Waals surface area (Å²) < 4.78 is 17.4. The predicted octanol–water partition coefficient (Wildman–Crippen LogP) is 4.15. The van der Waals surface area contributed by atoms with Crippen LogP contribution in [0, 0.1) is 0 Å². The van der Waals surface area contributed by atoms with Crippen molar-refractivity contribution in [3.05, 3.63) is 95.0 Å². The minimum absolute atomic E-state index is 0.121. The van der Waals surface area contributed by atoms with E-state index >= 15 is 0 Å². The summed E-state index contributed by atoms with van der Waals surface area (Å²) >= 11 is 0. The zero-order chi connectivity index (χ0) is 25.1. The molecule has 10 heteroatoms. The molecule has 0 spiro atoms. The number of carbonyl (C=O) groups is 1. The standard InChI is InChI=1S/C26H21N5O5/c1-34-17-10-11-18(22(13-17)35-2)25(33)28-23-14-20(21-9-6-12-36-21)30-31(23)26-27-19(15-24(32)29-26)16-7-4-3-5-8-16/h3-15H,1-2H3,(H,28,33)(H,27,29,32). The number of nitrogens with zero attached hydrogens (tertiary/aromatic N) is 3. The summed E-state index contributed by atoms with van der Waals surface area (Å²) in [6.07, 6.45) is 1.52. The molecule has 0 aliphatic rings. The van der Waals surface area contributed by atoms with E-state index in [4.69, 9.17) is 13.9 Å². The topological polar surface area (TPSA) is 124 Å².